The highest BCUT2D eigenvalue weighted by Gasteiger charge is 2.32. The van der Waals surface area contributed by atoms with Gasteiger partial charge in [-0.15, -0.1) is 0 Å². The van der Waals surface area contributed by atoms with Gasteiger partial charge < -0.3 is 35.8 Å². The quantitative estimate of drug-likeness (QED) is 0.329. The highest BCUT2D eigenvalue weighted by atomic mass is 19.3. The molecule has 0 unspecified atom stereocenters. The minimum absolute atomic E-state index is 0.00630. The number of nitrogens with zero attached hydrogens (tertiary/aromatic N) is 3. The van der Waals surface area contributed by atoms with E-state index in [2.05, 4.69) is 26.4 Å². The Hall–Kier alpha value is -4.34. The zero-order valence-electron chi connectivity index (χ0n) is 23.8. The van der Waals surface area contributed by atoms with E-state index < -0.39 is 60.3 Å². The van der Waals surface area contributed by atoms with Crippen LogP contribution in [0, 0.1) is 12.8 Å². The molecule has 2 aromatic rings. The van der Waals surface area contributed by atoms with E-state index in [0.717, 1.165) is 4.90 Å². The lowest BCUT2D eigenvalue weighted by Gasteiger charge is -2.27. The van der Waals surface area contributed by atoms with Crippen LogP contribution in [0.2, 0.25) is 0 Å². The topological polar surface area (TPSA) is 188 Å². The van der Waals surface area contributed by atoms with Gasteiger partial charge >= 0.3 is 6.55 Å². The molecular formula is C26H35F2N7O7. The first-order valence-corrected chi connectivity index (χ1v) is 13.3. The van der Waals surface area contributed by atoms with Gasteiger partial charge in [0.2, 0.25) is 17.7 Å². The second kappa shape index (κ2) is 13.5. The summed E-state index contributed by atoms with van der Waals surface area (Å²) in [6.07, 6.45) is -1.38. The molecule has 0 saturated carbocycles. The molecule has 0 aliphatic carbocycles. The van der Waals surface area contributed by atoms with Crippen LogP contribution in [0.25, 0.3) is 0 Å². The van der Waals surface area contributed by atoms with E-state index in [0.29, 0.717) is 4.57 Å². The Bertz CT molecular complexity index is 1320. The van der Waals surface area contributed by atoms with Gasteiger partial charge in [0.1, 0.15) is 23.8 Å². The number of hydrogen-bond acceptors (Lipinski definition) is 8. The lowest BCUT2D eigenvalue weighted by molar-refractivity contribution is -0.133. The summed E-state index contributed by atoms with van der Waals surface area (Å²) in [6.45, 7) is 3.85. The van der Waals surface area contributed by atoms with Crippen molar-refractivity contribution >= 4 is 29.5 Å². The molecule has 230 valence electrons. The molecule has 42 heavy (non-hydrogen) atoms. The molecule has 5 N–H and O–H groups in total. The van der Waals surface area contributed by atoms with Crippen molar-refractivity contribution in [2.45, 2.75) is 71.9 Å². The number of aryl methyl sites for hydroxylation is 1. The fraction of sp³-hybridized carbons (Fsp3) is 0.538. The summed E-state index contributed by atoms with van der Waals surface area (Å²) >= 11 is 0. The Labute approximate surface area is 240 Å². The van der Waals surface area contributed by atoms with Crippen LogP contribution in [-0.2, 0) is 20.9 Å². The van der Waals surface area contributed by atoms with Gasteiger partial charge in [0.15, 0.2) is 11.5 Å². The normalized spacial score (nSPS) is 22.1. The molecule has 0 radical (unpaired) electrons. The molecule has 5 amide bonds. The Morgan fingerprint density at radius 3 is 2.36 bits per heavy atom. The van der Waals surface area contributed by atoms with Crippen molar-refractivity contribution in [2.75, 3.05) is 13.1 Å². The Morgan fingerprint density at radius 2 is 1.74 bits per heavy atom. The lowest BCUT2D eigenvalue weighted by Crippen LogP contribution is -2.58. The van der Waals surface area contributed by atoms with Crippen LogP contribution in [0.1, 0.15) is 66.7 Å². The Morgan fingerprint density at radius 1 is 1.05 bits per heavy atom. The molecule has 1 aliphatic heterocycles. The van der Waals surface area contributed by atoms with Crippen LogP contribution in [0.3, 0.4) is 0 Å². The number of halogens is 2. The molecule has 1 aliphatic rings. The number of nitrogens with one attached hydrogen (secondary N) is 4. The molecule has 14 nitrogen and oxygen atoms in total. The average molecular weight is 596 g/mol. The molecule has 2 bridgehead atoms. The van der Waals surface area contributed by atoms with Crippen LogP contribution in [0.4, 0.5) is 8.78 Å². The molecule has 4 atom stereocenters. The molecule has 0 fully saturated rings. The second-order valence-corrected chi connectivity index (χ2v) is 10.4. The predicted octanol–water partition coefficient (Wildman–Crippen LogP) is 0.0765. The van der Waals surface area contributed by atoms with E-state index in [1.807, 2.05) is 0 Å². The number of hydrogen-bond donors (Lipinski definition) is 5. The summed E-state index contributed by atoms with van der Waals surface area (Å²) in [5.74, 6) is -4.21. The van der Waals surface area contributed by atoms with E-state index in [9.17, 15) is 37.9 Å². The summed E-state index contributed by atoms with van der Waals surface area (Å²) < 4.78 is 33.2. The minimum Gasteiger partial charge on any atom is -0.391 e. The Kier molecular flexibility index (Phi) is 10.4. The third-order valence-electron chi connectivity index (χ3n) is 6.69. The van der Waals surface area contributed by atoms with Gasteiger partial charge in [-0.2, -0.15) is 8.78 Å². The summed E-state index contributed by atoms with van der Waals surface area (Å²) in [7, 11) is 0. The minimum atomic E-state index is -2.99. The molecule has 16 heteroatoms. The van der Waals surface area contributed by atoms with E-state index in [1.54, 1.807) is 13.8 Å². The van der Waals surface area contributed by atoms with Crippen molar-refractivity contribution in [1.29, 1.82) is 0 Å². The van der Waals surface area contributed by atoms with Crippen molar-refractivity contribution in [3.05, 3.63) is 41.0 Å². The zero-order valence-corrected chi connectivity index (χ0v) is 23.8. The number of amides is 5. The smallest absolute Gasteiger partial charge is 0.319 e. The average Bonchev–Trinajstić information content (AvgIpc) is 3.54. The maximum absolute atomic E-state index is 13.7. The van der Waals surface area contributed by atoms with E-state index in [4.69, 9.17) is 4.52 Å². The van der Waals surface area contributed by atoms with Gasteiger partial charge in [0.05, 0.1) is 12.6 Å². The van der Waals surface area contributed by atoms with Crippen LogP contribution >= 0.6 is 0 Å². The lowest BCUT2D eigenvalue weighted by atomic mass is 10.0. The van der Waals surface area contributed by atoms with Gasteiger partial charge in [0, 0.05) is 24.8 Å². The molecule has 0 saturated heterocycles. The molecule has 0 spiro atoms. The number of aromatic nitrogens is 2. The number of carbonyl (C=O) groups is 5. The van der Waals surface area contributed by atoms with Crippen molar-refractivity contribution in [1.82, 2.24) is 35.9 Å². The largest absolute Gasteiger partial charge is 0.391 e. The van der Waals surface area contributed by atoms with Gasteiger partial charge in [-0.1, -0.05) is 19.0 Å². The fourth-order valence-corrected chi connectivity index (χ4v) is 4.31. The molecular weight excluding hydrogens is 560 g/mol. The summed E-state index contributed by atoms with van der Waals surface area (Å²) in [5.41, 5.74) is -0.439. The summed E-state index contributed by atoms with van der Waals surface area (Å²) in [5, 5.41) is 23.8. The summed E-state index contributed by atoms with van der Waals surface area (Å²) in [6, 6.07) is 0.148. The third-order valence-corrected chi connectivity index (χ3v) is 6.69. The summed E-state index contributed by atoms with van der Waals surface area (Å²) in [4.78, 5) is 66.1. The molecule has 2 aromatic heterocycles. The zero-order chi connectivity index (χ0) is 31.3. The second-order valence-electron chi connectivity index (χ2n) is 10.4. The van der Waals surface area contributed by atoms with Crippen molar-refractivity contribution < 1.29 is 42.4 Å². The van der Waals surface area contributed by atoms with Gasteiger partial charge in [0.25, 0.3) is 11.8 Å². The number of fused-ring (bicyclic) bond motifs is 2. The predicted molar refractivity (Wildman–Crippen MR) is 142 cm³/mol. The number of aliphatic hydroxyl groups is 1. The molecule has 0 aromatic carbocycles. The van der Waals surface area contributed by atoms with E-state index in [-0.39, 0.29) is 48.4 Å². The van der Waals surface area contributed by atoms with Crippen molar-refractivity contribution in [3.8, 4) is 0 Å². The number of rotatable bonds is 4. The number of carbonyl (C=O) groups excluding carboxylic acids is 5. The Balaban J connectivity index is 1.98. The molecule has 3 heterocycles. The van der Waals surface area contributed by atoms with Crippen LogP contribution < -0.4 is 21.3 Å². The van der Waals surface area contributed by atoms with Crippen LogP contribution in [0.5, 0.6) is 0 Å². The van der Waals surface area contributed by atoms with Crippen molar-refractivity contribution in [3.63, 3.8) is 0 Å². The highest BCUT2D eigenvalue weighted by molar-refractivity contribution is 5.98. The fourth-order valence-electron chi connectivity index (χ4n) is 4.31. The highest BCUT2D eigenvalue weighted by Crippen LogP contribution is 2.21. The SMILES string of the molecule is Cc1ccc(C(=O)N2CCNC(=O)[C@H](C(C)C)NC(=O)[C@H](C)NC(=O)[C@H]([C@@H](C)O)NC(=O)c3cc(on3)C2)n1C(F)F. The van der Waals surface area contributed by atoms with Crippen LogP contribution in [0.15, 0.2) is 22.7 Å². The van der Waals surface area contributed by atoms with Gasteiger partial charge in [-0.3, -0.25) is 28.5 Å². The maximum Gasteiger partial charge on any atom is 0.319 e. The van der Waals surface area contributed by atoms with Gasteiger partial charge in [-0.05, 0) is 38.8 Å². The van der Waals surface area contributed by atoms with Crippen molar-refractivity contribution in [2.24, 2.45) is 5.92 Å². The van der Waals surface area contributed by atoms with E-state index >= 15 is 0 Å². The van der Waals surface area contributed by atoms with E-state index in [1.165, 1.54) is 39.0 Å². The van der Waals surface area contributed by atoms with Crippen LogP contribution in [-0.4, -0.2) is 86.6 Å². The first-order valence-electron chi connectivity index (χ1n) is 13.3. The first kappa shape index (κ1) is 32.2. The number of aliphatic hydroxyl groups excluding tert-OH is 1. The molecule has 3 rings (SSSR count). The number of alkyl halides is 2. The third kappa shape index (κ3) is 7.48. The maximum atomic E-state index is 13.7. The van der Waals surface area contributed by atoms with Gasteiger partial charge in [-0.25, -0.2) is 0 Å². The monoisotopic (exact) mass is 595 g/mol. The first-order chi connectivity index (χ1) is 19.7. The standard InChI is InChI=1S/C26H35F2N7O7/c1-12(2)19-23(39)29-8-9-34(25(41)18-7-6-13(3)35(18)26(27)28)11-16-10-17(33-42-16)22(38)32-20(15(5)36)24(40)30-14(4)21(37)31-19/h6-7,10,12,14-15,19-20,26,36H,8-9,11H2,1-5H3,(H,29,39)(H,30,40)(H,31,37)(H,32,38)/t14-,15+,19-,20-/m0/s1.